The van der Waals surface area contributed by atoms with Crippen molar-refractivity contribution in [2.45, 2.75) is 38.6 Å². The van der Waals surface area contributed by atoms with Crippen molar-refractivity contribution in [1.29, 1.82) is 0 Å². The largest absolute Gasteiger partial charge is 0.322 e. The Hall–Kier alpha value is -1.52. The standard InChI is InChI=1S/C18H21ClN2OS/c1-13-8-9-14(19)12-15(13)20-18(22)21-10-4-2-3-6-16(21)17-7-5-11-23-17/h5,7-9,11-12,16H,2-4,6,10H2,1H3,(H,20,22). The number of carbonyl (C=O) groups is 1. The number of thiophene rings is 1. The zero-order valence-corrected chi connectivity index (χ0v) is 14.8. The molecule has 1 saturated heterocycles. The van der Waals surface area contributed by atoms with Crippen molar-refractivity contribution >= 4 is 34.7 Å². The molecule has 122 valence electrons. The van der Waals surface area contributed by atoms with Crippen LogP contribution in [-0.4, -0.2) is 17.5 Å². The fraction of sp³-hybridized carbons (Fsp3) is 0.389. The molecule has 0 saturated carbocycles. The first-order chi connectivity index (χ1) is 11.1. The number of nitrogens with one attached hydrogen (secondary N) is 1. The molecule has 2 aromatic rings. The molecule has 2 amide bonds. The molecule has 3 nitrogen and oxygen atoms in total. The molecule has 3 rings (SSSR count). The third-order valence-corrected chi connectivity index (χ3v) is 5.54. The van der Waals surface area contributed by atoms with Gasteiger partial charge in [-0.2, -0.15) is 0 Å². The van der Waals surface area contributed by atoms with Crippen molar-refractivity contribution < 1.29 is 4.79 Å². The fourth-order valence-electron chi connectivity index (χ4n) is 3.04. The number of amides is 2. The van der Waals surface area contributed by atoms with Crippen LogP contribution in [0.2, 0.25) is 5.02 Å². The number of carbonyl (C=O) groups excluding carboxylic acids is 1. The summed E-state index contributed by atoms with van der Waals surface area (Å²) in [4.78, 5) is 16.1. The number of urea groups is 1. The van der Waals surface area contributed by atoms with Gasteiger partial charge in [0.05, 0.1) is 6.04 Å². The van der Waals surface area contributed by atoms with E-state index in [1.165, 1.54) is 17.7 Å². The second-order valence-corrected chi connectivity index (χ2v) is 7.38. The lowest BCUT2D eigenvalue weighted by Crippen LogP contribution is -2.37. The van der Waals surface area contributed by atoms with E-state index in [4.69, 9.17) is 11.6 Å². The number of hydrogen-bond acceptors (Lipinski definition) is 2. The Balaban J connectivity index is 1.81. The van der Waals surface area contributed by atoms with Crippen LogP contribution in [0.1, 0.15) is 42.2 Å². The molecular formula is C18H21ClN2OS. The summed E-state index contributed by atoms with van der Waals surface area (Å²) in [5.41, 5.74) is 1.81. The first-order valence-electron chi connectivity index (χ1n) is 8.02. The number of benzene rings is 1. The smallest absolute Gasteiger partial charge is 0.317 e. The van der Waals surface area contributed by atoms with Crippen LogP contribution in [-0.2, 0) is 0 Å². The van der Waals surface area contributed by atoms with E-state index in [2.05, 4.69) is 22.8 Å². The van der Waals surface area contributed by atoms with Gasteiger partial charge in [0.2, 0.25) is 0 Å². The summed E-state index contributed by atoms with van der Waals surface area (Å²) >= 11 is 7.79. The second-order valence-electron chi connectivity index (χ2n) is 5.96. The summed E-state index contributed by atoms with van der Waals surface area (Å²) in [5.74, 6) is 0. The SMILES string of the molecule is Cc1ccc(Cl)cc1NC(=O)N1CCCCCC1c1cccs1. The van der Waals surface area contributed by atoms with Crippen molar-refractivity contribution in [3.05, 3.63) is 51.2 Å². The minimum Gasteiger partial charge on any atom is -0.317 e. The monoisotopic (exact) mass is 348 g/mol. The highest BCUT2D eigenvalue weighted by molar-refractivity contribution is 7.10. The maximum atomic E-state index is 12.9. The Bertz CT molecular complexity index is 672. The molecule has 23 heavy (non-hydrogen) atoms. The van der Waals surface area contributed by atoms with Crippen molar-refractivity contribution in [2.75, 3.05) is 11.9 Å². The van der Waals surface area contributed by atoms with Crippen LogP contribution in [0.5, 0.6) is 0 Å². The average Bonchev–Trinajstić information content (AvgIpc) is 2.95. The number of halogens is 1. The highest BCUT2D eigenvalue weighted by Crippen LogP contribution is 2.33. The third-order valence-electron chi connectivity index (χ3n) is 4.33. The Morgan fingerprint density at radius 2 is 2.17 bits per heavy atom. The van der Waals surface area contributed by atoms with Crippen molar-refractivity contribution in [2.24, 2.45) is 0 Å². The molecule has 2 heterocycles. The Morgan fingerprint density at radius 3 is 2.96 bits per heavy atom. The predicted octanol–water partition coefficient (Wildman–Crippen LogP) is 5.86. The van der Waals surface area contributed by atoms with E-state index >= 15 is 0 Å². The summed E-state index contributed by atoms with van der Waals surface area (Å²) in [6.45, 7) is 2.78. The third kappa shape index (κ3) is 3.88. The van der Waals surface area contributed by atoms with E-state index in [1.807, 2.05) is 30.0 Å². The van der Waals surface area contributed by atoms with Crippen LogP contribution in [0.25, 0.3) is 0 Å². The molecule has 1 unspecified atom stereocenters. The van der Waals surface area contributed by atoms with E-state index in [0.29, 0.717) is 5.02 Å². The zero-order chi connectivity index (χ0) is 16.2. The molecule has 1 aliphatic heterocycles. The Kier molecular flexibility index (Phi) is 5.23. The van der Waals surface area contributed by atoms with Crippen molar-refractivity contribution in [3.63, 3.8) is 0 Å². The van der Waals surface area contributed by atoms with E-state index in [1.54, 1.807) is 11.3 Å². The topological polar surface area (TPSA) is 32.3 Å². The molecule has 1 aromatic heterocycles. The maximum Gasteiger partial charge on any atom is 0.322 e. The minimum atomic E-state index is -0.0318. The predicted molar refractivity (Wildman–Crippen MR) is 97.4 cm³/mol. The molecule has 0 bridgehead atoms. The molecule has 5 heteroatoms. The van der Waals surface area contributed by atoms with E-state index < -0.39 is 0 Å². The van der Waals surface area contributed by atoms with Gasteiger partial charge in [-0.25, -0.2) is 4.79 Å². The average molecular weight is 349 g/mol. The van der Waals surface area contributed by atoms with Gasteiger partial charge in [-0.1, -0.05) is 36.6 Å². The summed E-state index contributed by atoms with van der Waals surface area (Å²) in [5, 5.41) is 5.76. The summed E-state index contributed by atoms with van der Waals surface area (Å²) < 4.78 is 0. The number of aryl methyl sites for hydroxylation is 1. The number of anilines is 1. The van der Waals surface area contributed by atoms with E-state index in [9.17, 15) is 4.79 Å². The first-order valence-corrected chi connectivity index (χ1v) is 9.28. The molecule has 1 aliphatic rings. The van der Waals surface area contributed by atoms with Crippen molar-refractivity contribution in [1.82, 2.24) is 4.90 Å². The normalized spacial score (nSPS) is 18.5. The van der Waals surface area contributed by atoms with Crippen LogP contribution in [0.3, 0.4) is 0 Å². The fourth-order valence-corrected chi connectivity index (χ4v) is 4.09. The van der Waals surface area contributed by atoms with Gasteiger partial charge in [-0.3, -0.25) is 0 Å². The first kappa shape index (κ1) is 16.3. The van der Waals surface area contributed by atoms with Crippen LogP contribution in [0.15, 0.2) is 35.7 Å². The molecule has 1 aromatic carbocycles. The molecule has 0 aliphatic carbocycles. The van der Waals surface area contributed by atoms with Gasteiger partial charge >= 0.3 is 6.03 Å². The van der Waals surface area contributed by atoms with Gasteiger partial charge < -0.3 is 10.2 Å². The maximum absolute atomic E-state index is 12.9. The van der Waals surface area contributed by atoms with Gasteiger partial charge in [0, 0.05) is 22.1 Å². The molecule has 1 atom stereocenters. The van der Waals surface area contributed by atoms with Crippen LogP contribution in [0, 0.1) is 6.92 Å². The number of likely N-dealkylation sites (tertiary alicyclic amines) is 1. The highest BCUT2D eigenvalue weighted by atomic mass is 35.5. The van der Waals surface area contributed by atoms with Gasteiger partial charge in [-0.15, -0.1) is 11.3 Å². The van der Waals surface area contributed by atoms with Gasteiger partial charge in [0.25, 0.3) is 0 Å². The summed E-state index contributed by atoms with van der Waals surface area (Å²) in [7, 11) is 0. The molecule has 1 fully saturated rings. The Labute approximate surface area is 146 Å². The number of rotatable bonds is 2. The molecule has 0 radical (unpaired) electrons. The molecular weight excluding hydrogens is 328 g/mol. The Morgan fingerprint density at radius 1 is 1.30 bits per heavy atom. The van der Waals surface area contributed by atoms with E-state index in [0.717, 1.165) is 30.6 Å². The van der Waals surface area contributed by atoms with Crippen molar-refractivity contribution in [3.8, 4) is 0 Å². The summed E-state index contributed by atoms with van der Waals surface area (Å²) in [6.07, 6.45) is 4.44. The van der Waals surface area contributed by atoms with Gasteiger partial charge in [0.15, 0.2) is 0 Å². The van der Waals surface area contributed by atoms with Crippen LogP contribution >= 0.6 is 22.9 Å². The second kappa shape index (κ2) is 7.37. The number of hydrogen-bond donors (Lipinski definition) is 1. The lowest BCUT2D eigenvalue weighted by Gasteiger charge is -2.29. The quantitative estimate of drug-likeness (QED) is 0.724. The van der Waals surface area contributed by atoms with Crippen LogP contribution < -0.4 is 5.32 Å². The lowest BCUT2D eigenvalue weighted by atomic mass is 10.1. The summed E-state index contributed by atoms with van der Waals surface area (Å²) in [6, 6.07) is 9.91. The zero-order valence-electron chi connectivity index (χ0n) is 13.2. The van der Waals surface area contributed by atoms with Gasteiger partial charge in [0.1, 0.15) is 0 Å². The highest BCUT2D eigenvalue weighted by Gasteiger charge is 2.27. The molecule has 1 N–H and O–H groups in total. The molecule has 0 spiro atoms. The van der Waals surface area contributed by atoms with E-state index in [-0.39, 0.29) is 12.1 Å². The van der Waals surface area contributed by atoms with Gasteiger partial charge in [-0.05, 0) is 48.9 Å². The lowest BCUT2D eigenvalue weighted by molar-refractivity contribution is 0.190. The number of nitrogens with zero attached hydrogens (tertiary/aromatic N) is 1. The van der Waals surface area contributed by atoms with Crippen LogP contribution in [0.4, 0.5) is 10.5 Å². The minimum absolute atomic E-state index is 0.0318.